The molecular weight excluding hydrogens is 274 g/mol. The van der Waals surface area contributed by atoms with Crippen molar-refractivity contribution in [2.75, 3.05) is 13.7 Å². The summed E-state index contributed by atoms with van der Waals surface area (Å²) < 4.78 is 31.2. The fraction of sp³-hybridized carbons (Fsp3) is 0.364. The Kier molecular flexibility index (Phi) is 4.87. The quantitative estimate of drug-likeness (QED) is 0.682. The number of benzene rings is 1. The first kappa shape index (κ1) is 15.4. The number of ether oxygens (including phenoxy) is 1. The van der Waals surface area contributed by atoms with Crippen molar-refractivity contribution in [1.82, 2.24) is 4.72 Å². The van der Waals surface area contributed by atoms with E-state index in [4.69, 9.17) is 14.9 Å². The molecule has 0 aliphatic carbocycles. The Balaban J connectivity index is 3.30. The second kappa shape index (κ2) is 6.00. The van der Waals surface area contributed by atoms with Crippen LogP contribution >= 0.6 is 0 Å². The Morgan fingerprint density at radius 3 is 2.58 bits per heavy atom. The largest absolute Gasteiger partial charge is 0.495 e. The first-order valence-electron chi connectivity index (χ1n) is 5.36. The zero-order valence-corrected chi connectivity index (χ0v) is 11.3. The predicted octanol–water partition coefficient (Wildman–Crippen LogP) is 0.0525. The monoisotopic (exact) mass is 289 g/mol. The highest BCUT2D eigenvalue weighted by atomic mass is 32.2. The first-order chi connectivity index (χ1) is 8.81. The lowest BCUT2D eigenvalue weighted by molar-refractivity contribution is 0.0696. The normalized spacial score (nSPS) is 13.0. The number of aromatic carboxylic acids is 1. The van der Waals surface area contributed by atoms with Gasteiger partial charge in [0.1, 0.15) is 10.6 Å². The van der Waals surface area contributed by atoms with Crippen LogP contribution in [0, 0.1) is 0 Å². The van der Waals surface area contributed by atoms with Crippen LogP contribution in [-0.4, -0.2) is 44.4 Å². The first-order valence-corrected chi connectivity index (χ1v) is 6.84. The molecule has 0 saturated heterocycles. The second-order valence-corrected chi connectivity index (χ2v) is 5.56. The van der Waals surface area contributed by atoms with Crippen LogP contribution < -0.4 is 9.46 Å². The number of carbonyl (C=O) groups is 1. The standard InChI is InChI=1S/C11H15NO6S/c1-7(6-13)12-19(16,17)10-5-8(11(14)15)3-4-9(10)18-2/h3-5,7,12-13H,6H2,1-2H3,(H,14,15)/t7-/m0/s1. The van der Waals surface area contributed by atoms with Gasteiger partial charge in [0.05, 0.1) is 19.3 Å². The van der Waals surface area contributed by atoms with Crippen LogP contribution in [0.15, 0.2) is 23.1 Å². The maximum Gasteiger partial charge on any atom is 0.335 e. The lowest BCUT2D eigenvalue weighted by atomic mass is 10.2. The molecule has 0 heterocycles. The lowest BCUT2D eigenvalue weighted by Gasteiger charge is -2.14. The molecule has 7 nitrogen and oxygen atoms in total. The molecule has 0 saturated carbocycles. The average Bonchev–Trinajstić information content (AvgIpc) is 2.37. The molecule has 3 N–H and O–H groups in total. The molecule has 0 radical (unpaired) electrons. The number of nitrogens with one attached hydrogen (secondary N) is 1. The minimum absolute atomic E-state index is 0.0302. The summed E-state index contributed by atoms with van der Waals surface area (Å²) in [5.41, 5.74) is -0.169. The maximum absolute atomic E-state index is 12.1. The lowest BCUT2D eigenvalue weighted by Crippen LogP contribution is -2.35. The van der Waals surface area contributed by atoms with Crippen molar-refractivity contribution in [2.24, 2.45) is 0 Å². The summed E-state index contributed by atoms with van der Waals surface area (Å²) in [5, 5.41) is 17.7. The van der Waals surface area contributed by atoms with Crippen molar-refractivity contribution in [3.63, 3.8) is 0 Å². The van der Waals surface area contributed by atoms with E-state index in [-0.39, 0.29) is 22.8 Å². The number of carboxylic acids is 1. The summed E-state index contributed by atoms with van der Waals surface area (Å²) in [5.74, 6) is -1.21. The molecule has 8 heteroatoms. The van der Waals surface area contributed by atoms with Crippen LogP contribution in [0.5, 0.6) is 5.75 Å². The molecule has 0 aliphatic rings. The summed E-state index contributed by atoms with van der Waals surface area (Å²) in [4.78, 5) is 10.6. The van der Waals surface area contributed by atoms with E-state index >= 15 is 0 Å². The van der Waals surface area contributed by atoms with Crippen molar-refractivity contribution in [2.45, 2.75) is 17.9 Å². The predicted molar refractivity (Wildman–Crippen MR) is 66.8 cm³/mol. The average molecular weight is 289 g/mol. The van der Waals surface area contributed by atoms with Crippen LogP contribution in [-0.2, 0) is 10.0 Å². The third-order valence-corrected chi connectivity index (χ3v) is 3.94. The maximum atomic E-state index is 12.1. The number of rotatable bonds is 6. The fourth-order valence-electron chi connectivity index (χ4n) is 1.39. The molecular formula is C11H15NO6S. The molecule has 1 rings (SSSR count). The Bertz CT molecular complexity index is 569. The molecule has 19 heavy (non-hydrogen) atoms. The topological polar surface area (TPSA) is 113 Å². The van der Waals surface area contributed by atoms with Crippen molar-refractivity contribution in [3.05, 3.63) is 23.8 Å². The number of aliphatic hydroxyl groups excluding tert-OH is 1. The van der Waals surface area contributed by atoms with Crippen LogP contribution in [0.4, 0.5) is 0 Å². The van der Waals surface area contributed by atoms with Crippen LogP contribution in [0.25, 0.3) is 0 Å². The molecule has 0 spiro atoms. The summed E-state index contributed by atoms with van der Waals surface area (Å²) >= 11 is 0. The SMILES string of the molecule is COc1ccc(C(=O)O)cc1S(=O)(=O)N[C@@H](C)CO. The number of hydrogen-bond donors (Lipinski definition) is 3. The molecule has 106 valence electrons. The molecule has 1 aromatic carbocycles. The van der Waals surface area contributed by atoms with Crippen molar-refractivity contribution in [1.29, 1.82) is 0 Å². The van der Waals surface area contributed by atoms with Gasteiger partial charge in [-0.25, -0.2) is 17.9 Å². The van der Waals surface area contributed by atoms with Crippen molar-refractivity contribution < 1.29 is 28.2 Å². The minimum atomic E-state index is -3.97. The summed E-state index contributed by atoms with van der Waals surface area (Å²) in [6, 6.07) is 2.83. The second-order valence-electron chi connectivity index (χ2n) is 3.88. The van der Waals surface area contributed by atoms with Crippen LogP contribution in [0.3, 0.4) is 0 Å². The van der Waals surface area contributed by atoms with Gasteiger partial charge in [0.15, 0.2) is 0 Å². The summed E-state index contributed by atoms with van der Waals surface area (Å²) in [6.07, 6.45) is 0. The Morgan fingerprint density at radius 2 is 2.11 bits per heavy atom. The van der Waals surface area contributed by atoms with Gasteiger partial charge in [0, 0.05) is 6.04 Å². The number of sulfonamides is 1. The highest BCUT2D eigenvalue weighted by molar-refractivity contribution is 7.89. The molecule has 0 bridgehead atoms. The van der Waals surface area contributed by atoms with Gasteiger partial charge >= 0.3 is 5.97 Å². The van der Waals surface area contributed by atoms with Gasteiger partial charge in [0.2, 0.25) is 10.0 Å². The van der Waals surface area contributed by atoms with Gasteiger partial charge in [-0.15, -0.1) is 0 Å². The van der Waals surface area contributed by atoms with Gasteiger partial charge in [-0.1, -0.05) is 0 Å². The molecule has 1 atom stereocenters. The number of methoxy groups -OCH3 is 1. The zero-order chi connectivity index (χ0) is 14.6. The van der Waals surface area contributed by atoms with E-state index in [0.29, 0.717) is 0 Å². The summed E-state index contributed by atoms with van der Waals surface area (Å²) in [7, 11) is -2.69. The molecule has 1 aromatic rings. The van der Waals surface area contributed by atoms with E-state index in [9.17, 15) is 13.2 Å². The number of hydrogen-bond acceptors (Lipinski definition) is 5. The Hall–Kier alpha value is -1.64. The number of carboxylic acid groups (broad SMARTS) is 1. The molecule has 0 amide bonds. The summed E-state index contributed by atoms with van der Waals surface area (Å²) in [6.45, 7) is 1.10. The minimum Gasteiger partial charge on any atom is -0.495 e. The smallest absolute Gasteiger partial charge is 0.335 e. The van der Waals surface area contributed by atoms with E-state index in [1.54, 1.807) is 0 Å². The zero-order valence-electron chi connectivity index (χ0n) is 10.5. The highest BCUT2D eigenvalue weighted by Gasteiger charge is 2.23. The Labute approximate surface area is 110 Å². The van der Waals surface area contributed by atoms with E-state index in [1.165, 1.54) is 26.2 Å². The van der Waals surface area contributed by atoms with E-state index in [2.05, 4.69) is 4.72 Å². The van der Waals surface area contributed by atoms with E-state index in [0.717, 1.165) is 6.07 Å². The number of aliphatic hydroxyl groups is 1. The van der Waals surface area contributed by atoms with Gasteiger partial charge in [-0.05, 0) is 25.1 Å². The van der Waals surface area contributed by atoms with E-state index in [1.807, 2.05) is 0 Å². The van der Waals surface area contributed by atoms with Gasteiger partial charge < -0.3 is 14.9 Å². The van der Waals surface area contributed by atoms with Gasteiger partial charge in [-0.3, -0.25) is 0 Å². The Morgan fingerprint density at radius 1 is 1.47 bits per heavy atom. The van der Waals surface area contributed by atoms with Crippen molar-refractivity contribution in [3.8, 4) is 5.75 Å². The molecule has 0 aromatic heterocycles. The van der Waals surface area contributed by atoms with Crippen LogP contribution in [0.2, 0.25) is 0 Å². The molecule has 0 unspecified atom stereocenters. The van der Waals surface area contributed by atoms with Gasteiger partial charge in [0.25, 0.3) is 0 Å². The highest BCUT2D eigenvalue weighted by Crippen LogP contribution is 2.25. The molecule has 0 aliphatic heterocycles. The van der Waals surface area contributed by atoms with Gasteiger partial charge in [-0.2, -0.15) is 0 Å². The third kappa shape index (κ3) is 3.66. The molecule has 0 fully saturated rings. The van der Waals surface area contributed by atoms with E-state index < -0.39 is 22.0 Å². The van der Waals surface area contributed by atoms with Crippen LogP contribution in [0.1, 0.15) is 17.3 Å². The third-order valence-electron chi connectivity index (χ3n) is 2.33. The van der Waals surface area contributed by atoms with Crippen molar-refractivity contribution >= 4 is 16.0 Å². The fourth-order valence-corrected chi connectivity index (χ4v) is 2.81.